The lowest BCUT2D eigenvalue weighted by atomic mass is 9.96. The summed E-state index contributed by atoms with van der Waals surface area (Å²) in [4.78, 5) is 4.83. The highest BCUT2D eigenvalue weighted by Crippen LogP contribution is 2.30. The molecule has 2 aliphatic heterocycles. The first kappa shape index (κ1) is 17.5. The first-order valence-corrected chi connectivity index (χ1v) is 8.99. The second-order valence-electron chi connectivity index (χ2n) is 6.52. The molecule has 128 valence electrons. The van der Waals surface area contributed by atoms with Gasteiger partial charge in [0.15, 0.2) is 0 Å². The molecule has 23 heavy (non-hydrogen) atoms. The third kappa shape index (κ3) is 4.38. The van der Waals surface area contributed by atoms with Crippen LogP contribution >= 0.6 is 23.2 Å². The van der Waals surface area contributed by atoms with Gasteiger partial charge in [-0.25, -0.2) is 0 Å². The normalized spacial score (nSPS) is 26.7. The predicted molar refractivity (Wildman–Crippen MR) is 93.1 cm³/mol. The van der Waals surface area contributed by atoms with Crippen molar-refractivity contribution in [2.75, 3.05) is 52.5 Å². The summed E-state index contributed by atoms with van der Waals surface area (Å²) in [5.74, 6) is 0.826. The van der Waals surface area contributed by atoms with Crippen LogP contribution in [0, 0.1) is 11.8 Å². The van der Waals surface area contributed by atoms with E-state index in [2.05, 4.69) is 9.80 Å². The van der Waals surface area contributed by atoms with Gasteiger partial charge in [-0.15, -0.1) is 0 Å². The SMILES string of the molecule is OC[C@H]1CN(Cc2cccc(Cl)c2Cl)C[C@H]1CN1CCOCC1. The molecule has 0 saturated carbocycles. The zero-order valence-corrected chi connectivity index (χ0v) is 14.8. The maximum Gasteiger partial charge on any atom is 0.0637 e. The van der Waals surface area contributed by atoms with Crippen molar-refractivity contribution in [2.45, 2.75) is 6.54 Å². The van der Waals surface area contributed by atoms with Gasteiger partial charge in [-0.05, 0) is 23.5 Å². The molecule has 0 aromatic heterocycles. The van der Waals surface area contributed by atoms with E-state index in [1.165, 1.54) is 0 Å². The topological polar surface area (TPSA) is 35.9 Å². The molecule has 0 aliphatic carbocycles. The van der Waals surface area contributed by atoms with Crippen LogP contribution in [-0.4, -0.2) is 67.5 Å². The van der Waals surface area contributed by atoms with Gasteiger partial charge in [0.25, 0.3) is 0 Å². The van der Waals surface area contributed by atoms with Crippen LogP contribution in [-0.2, 0) is 11.3 Å². The maximum absolute atomic E-state index is 9.73. The van der Waals surface area contributed by atoms with Crippen LogP contribution in [0.3, 0.4) is 0 Å². The monoisotopic (exact) mass is 358 g/mol. The highest BCUT2D eigenvalue weighted by atomic mass is 35.5. The molecule has 0 radical (unpaired) electrons. The smallest absolute Gasteiger partial charge is 0.0637 e. The van der Waals surface area contributed by atoms with Gasteiger partial charge in [0.2, 0.25) is 0 Å². The van der Waals surface area contributed by atoms with E-state index in [-0.39, 0.29) is 6.61 Å². The number of likely N-dealkylation sites (tertiary alicyclic amines) is 1. The van der Waals surface area contributed by atoms with E-state index in [1.54, 1.807) is 0 Å². The highest BCUT2D eigenvalue weighted by Gasteiger charge is 2.33. The lowest BCUT2D eigenvalue weighted by molar-refractivity contribution is 0.0264. The van der Waals surface area contributed by atoms with Crippen molar-refractivity contribution < 1.29 is 9.84 Å². The zero-order valence-electron chi connectivity index (χ0n) is 13.3. The van der Waals surface area contributed by atoms with Crippen LogP contribution in [0.2, 0.25) is 10.0 Å². The number of hydrogen-bond acceptors (Lipinski definition) is 4. The molecule has 1 aromatic rings. The predicted octanol–water partition coefficient (Wildman–Crippen LogP) is 2.37. The molecule has 2 atom stereocenters. The van der Waals surface area contributed by atoms with E-state index in [1.807, 2.05) is 18.2 Å². The van der Waals surface area contributed by atoms with Gasteiger partial charge in [-0.3, -0.25) is 9.80 Å². The van der Waals surface area contributed by atoms with Crippen LogP contribution in [0.1, 0.15) is 5.56 Å². The Morgan fingerprint density at radius 2 is 1.83 bits per heavy atom. The summed E-state index contributed by atoms with van der Waals surface area (Å²) in [7, 11) is 0. The lowest BCUT2D eigenvalue weighted by Crippen LogP contribution is -2.41. The van der Waals surface area contributed by atoms with Gasteiger partial charge in [-0.2, -0.15) is 0 Å². The van der Waals surface area contributed by atoms with Crippen LogP contribution in [0.4, 0.5) is 0 Å². The number of morpholine rings is 1. The van der Waals surface area contributed by atoms with Crippen molar-refractivity contribution in [3.8, 4) is 0 Å². The second-order valence-corrected chi connectivity index (χ2v) is 7.31. The molecule has 3 rings (SSSR count). The molecule has 2 aliphatic rings. The summed E-state index contributed by atoms with van der Waals surface area (Å²) >= 11 is 12.4. The fourth-order valence-electron chi connectivity index (χ4n) is 3.61. The Kier molecular flexibility index (Phi) is 6.19. The molecule has 2 heterocycles. The third-order valence-corrected chi connectivity index (χ3v) is 5.77. The number of benzene rings is 1. The van der Waals surface area contributed by atoms with Crippen molar-refractivity contribution in [1.82, 2.24) is 9.80 Å². The Labute approximate surface area is 147 Å². The Morgan fingerprint density at radius 3 is 2.57 bits per heavy atom. The van der Waals surface area contributed by atoms with Crippen LogP contribution in [0.5, 0.6) is 0 Å². The molecule has 6 heteroatoms. The Bertz CT molecular complexity index is 523. The Morgan fingerprint density at radius 1 is 1.09 bits per heavy atom. The molecule has 2 fully saturated rings. The fraction of sp³-hybridized carbons (Fsp3) is 0.647. The highest BCUT2D eigenvalue weighted by molar-refractivity contribution is 6.42. The molecule has 1 N–H and O–H groups in total. The van der Waals surface area contributed by atoms with E-state index in [0.29, 0.717) is 21.9 Å². The van der Waals surface area contributed by atoms with Crippen LogP contribution in [0.25, 0.3) is 0 Å². The summed E-state index contributed by atoms with van der Waals surface area (Å²) in [5.41, 5.74) is 1.06. The number of nitrogens with zero attached hydrogens (tertiary/aromatic N) is 2. The molecule has 4 nitrogen and oxygen atoms in total. The van der Waals surface area contributed by atoms with Gasteiger partial charge < -0.3 is 9.84 Å². The van der Waals surface area contributed by atoms with Crippen LogP contribution in [0.15, 0.2) is 18.2 Å². The summed E-state index contributed by atoms with van der Waals surface area (Å²) in [6.07, 6.45) is 0. The average Bonchev–Trinajstić information content (AvgIpc) is 2.94. The van der Waals surface area contributed by atoms with Gasteiger partial charge in [-0.1, -0.05) is 35.3 Å². The van der Waals surface area contributed by atoms with Gasteiger partial charge in [0.05, 0.1) is 23.3 Å². The minimum Gasteiger partial charge on any atom is -0.396 e. The van der Waals surface area contributed by atoms with E-state index >= 15 is 0 Å². The average molecular weight is 359 g/mol. The molecular weight excluding hydrogens is 335 g/mol. The standard InChI is InChI=1S/C17H24Cl2N2O2/c18-16-3-1-2-13(17(16)19)8-21-10-14(15(11-21)12-22)9-20-4-6-23-7-5-20/h1-3,14-15,22H,4-12H2/t14-,15-/m1/s1. The van der Waals surface area contributed by atoms with Crippen molar-refractivity contribution in [1.29, 1.82) is 0 Å². The van der Waals surface area contributed by atoms with Gasteiger partial charge >= 0.3 is 0 Å². The fourth-order valence-corrected chi connectivity index (χ4v) is 3.99. The van der Waals surface area contributed by atoms with Gasteiger partial charge in [0, 0.05) is 45.9 Å². The molecule has 1 aromatic carbocycles. The molecule has 0 unspecified atom stereocenters. The zero-order chi connectivity index (χ0) is 16.2. The van der Waals surface area contributed by atoms with Crippen LogP contribution < -0.4 is 0 Å². The number of rotatable bonds is 5. The maximum atomic E-state index is 9.73. The molecule has 0 amide bonds. The minimum atomic E-state index is 0.245. The summed E-state index contributed by atoms with van der Waals surface area (Å²) in [6, 6.07) is 5.78. The van der Waals surface area contributed by atoms with E-state index < -0.39 is 0 Å². The third-order valence-electron chi connectivity index (χ3n) is 4.91. The molecule has 0 bridgehead atoms. The Hall–Kier alpha value is -0.360. The summed E-state index contributed by atoms with van der Waals surface area (Å²) in [6.45, 7) is 7.60. The Balaban J connectivity index is 1.60. The van der Waals surface area contributed by atoms with E-state index in [0.717, 1.165) is 58.0 Å². The minimum absolute atomic E-state index is 0.245. The second kappa shape index (κ2) is 8.15. The number of ether oxygens (including phenoxy) is 1. The molecular formula is C17H24Cl2N2O2. The number of aliphatic hydroxyl groups is 1. The number of aliphatic hydroxyl groups excluding tert-OH is 1. The van der Waals surface area contributed by atoms with Crippen molar-refractivity contribution in [3.63, 3.8) is 0 Å². The first-order valence-electron chi connectivity index (χ1n) is 8.23. The number of hydrogen-bond donors (Lipinski definition) is 1. The first-order chi connectivity index (χ1) is 11.2. The van der Waals surface area contributed by atoms with Crippen molar-refractivity contribution in [3.05, 3.63) is 33.8 Å². The van der Waals surface area contributed by atoms with Crippen molar-refractivity contribution >= 4 is 23.2 Å². The van der Waals surface area contributed by atoms with Crippen molar-refractivity contribution in [2.24, 2.45) is 11.8 Å². The van der Waals surface area contributed by atoms with E-state index in [9.17, 15) is 5.11 Å². The molecule has 0 spiro atoms. The largest absolute Gasteiger partial charge is 0.396 e. The summed E-state index contributed by atoms with van der Waals surface area (Å²) in [5, 5.41) is 11.0. The quantitative estimate of drug-likeness (QED) is 0.876. The number of halogens is 2. The molecule has 2 saturated heterocycles. The lowest BCUT2D eigenvalue weighted by Gasteiger charge is -2.30. The van der Waals surface area contributed by atoms with E-state index in [4.69, 9.17) is 27.9 Å². The summed E-state index contributed by atoms with van der Waals surface area (Å²) < 4.78 is 5.41. The van der Waals surface area contributed by atoms with Gasteiger partial charge in [0.1, 0.15) is 0 Å².